The molecule has 3 aromatic carbocycles. The smallest absolute Gasteiger partial charge is 0.131 e. The number of hydrogen-bond donors (Lipinski definition) is 0. The van der Waals surface area contributed by atoms with Gasteiger partial charge < -0.3 is 9.47 Å². The normalized spacial score (nSPS) is 14.3. The van der Waals surface area contributed by atoms with E-state index in [1.807, 2.05) is 54.6 Å². The van der Waals surface area contributed by atoms with Crippen molar-refractivity contribution >= 4 is 17.6 Å². The van der Waals surface area contributed by atoms with Gasteiger partial charge in [-0.15, -0.1) is 0 Å². The first kappa shape index (κ1) is 17.9. The van der Waals surface area contributed by atoms with E-state index in [1.54, 1.807) is 7.11 Å². The van der Waals surface area contributed by atoms with Crippen LogP contribution in [0.3, 0.4) is 0 Å². The molecule has 0 fully saturated rings. The fourth-order valence-corrected chi connectivity index (χ4v) is 3.23. The fraction of sp³-hybridized carbons (Fsp3) is 0.0769. The van der Waals surface area contributed by atoms with Crippen molar-refractivity contribution < 1.29 is 9.47 Å². The Morgan fingerprint density at radius 1 is 0.714 bits per heavy atom. The summed E-state index contributed by atoms with van der Waals surface area (Å²) in [5.41, 5.74) is 3.19. The zero-order valence-electron chi connectivity index (χ0n) is 15.8. The lowest BCUT2D eigenvalue weighted by Gasteiger charge is -2.21. The second kappa shape index (κ2) is 8.45. The van der Waals surface area contributed by atoms with Crippen LogP contribution < -0.4 is 4.74 Å². The van der Waals surface area contributed by atoms with Crippen molar-refractivity contribution in [1.29, 1.82) is 0 Å². The quantitative estimate of drug-likeness (QED) is 0.517. The van der Waals surface area contributed by atoms with Gasteiger partial charge in [-0.05, 0) is 18.2 Å². The van der Waals surface area contributed by atoms with Crippen LogP contribution in [0.4, 0.5) is 0 Å². The van der Waals surface area contributed by atoms with Gasteiger partial charge in [-0.25, -0.2) is 0 Å². The summed E-state index contributed by atoms with van der Waals surface area (Å²) in [7, 11) is 1.70. The summed E-state index contributed by atoms with van der Waals surface area (Å²) in [5.74, 6) is 2.72. The molecule has 3 aromatic rings. The third-order valence-electron chi connectivity index (χ3n) is 4.66. The van der Waals surface area contributed by atoms with Crippen LogP contribution in [0.2, 0.25) is 0 Å². The van der Waals surface area contributed by atoms with Crippen LogP contribution in [0, 0.1) is 5.92 Å². The number of methoxy groups -OCH3 is 1. The van der Waals surface area contributed by atoms with Crippen LogP contribution in [0.15, 0.2) is 103 Å². The molecule has 0 aliphatic carbocycles. The Balaban J connectivity index is 1.69. The van der Waals surface area contributed by atoms with Gasteiger partial charge in [0.15, 0.2) is 0 Å². The SMILES string of the molecule is COc1ccccc1/C=C/C1C=C(c2ccccc2)OC(c2ccccc2)=C1. The average molecular weight is 366 g/mol. The van der Waals surface area contributed by atoms with E-state index in [2.05, 4.69) is 54.6 Å². The molecule has 2 nitrogen and oxygen atoms in total. The number of benzene rings is 3. The Morgan fingerprint density at radius 3 is 1.82 bits per heavy atom. The molecule has 0 spiro atoms. The number of rotatable bonds is 5. The lowest BCUT2D eigenvalue weighted by molar-refractivity contribution is 0.414. The number of hydrogen-bond acceptors (Lipinski definition) is 2. The highest BCUT2D eigenvalue weighted by molar-refractivity contribution is 5.74. The predicted molar refractivity (Wildman–Crippen MR) is 115 cm³/mol. The monoisotopic (exact) mass is 366 g/mol. The van der Waals surface area contributed by atoms with E-state index in [-0.39, 0.29) is 5.92 Å². The van der Waals surface area contributed by atoms with E-state index in [0.717, 1.165) is 34.0 Å². The minimum Gasteiger partial charge on any atom is -0.496 e. The molecular weight excluding hydrogens is 344 g/mol. The highest BCUT2D eigenvalue weighted by atomic mass is 16.5. The standard InChI is InChI=1S/C26H22O2/c1-27-24-15-9-8-14-23(24)17-16-20-18-25(21-10-4-2-5-11-21)28-26(19-20)22-12-6-3-7-13-22/h2-20H,1H3/b17-16+. The van der Waals surface area contributed by atoms with Crippen LogP contribution in [-0.2, 0) is 4.74 Å². The Morgan fingerprint density at radius 2 is 1.25 bits per heavy atom. The Kier molecular flexibility index (Phi) is 5.39. The van der Waals surface area contributed by atoms with Gasteiger partial charge in [0.1, 0.15) is 17.3 Å². The van der Waals surface area contributed by atoms with Crippen molar-refractivity contribution in [2.75, 3.05) is 7.11 Å². The van der Waals surface area contributed by atoms with Gasteiger partial charge in [-0.3, -0.25) is 0 Å². The van der Waals surface area contributed by atoms with Crippen LogP contribution >= 0.6 is 0 Å². The maximum atomic E-state index is 6.25. The molecule has 4 rings (SSSR count). The summed E-state index contributed by atoms with van der Waals surface area (Å²) in [4.78, 5) is 0. The van der Waals surface area contributed by atoms with Gasteiger partial charge in [-0.2, -0.15) is 0 Å². The minimum atomic E-state index is 0.115. The van der Waals surface area contributed by atoms with Crippen molar-refractivity contribution in [1.82, 2.24) is 0 Å². The minimum absolute atomic E-state index is 0.115. The van der Waals surface area contributed by atoms with E-state index in [9.17, 15) is 0 Å². The summed E-state index contributed by atoms with van der Waals surface area (Å²) in [6.45, 7) is 0. The average Bonchev–Trinajstić information content (AvgIpc) is 2.79. The molecule has 0 bridgehead atoms. The lowest BCUT2D eigenvalue weighted by atomic mass is 9.98. The maximum Gasteiger partial charge on any atom is 0.131 e. The predicted octanol–water partition coefficient (Wildman–Crippen LogP) is 6.44. The van der Waals surface area contributed by atoms with E-state index >= 15 is 0 Å². The van der Waals surface area contributed by atoms with E-state index in [1.165, 1.54) is 0 Å². The summed E-state index contributed by atoms with van der Waals surface area (Å²) >= 11 is 0. The zero-order chi connectivity index (χ0) is 19.2. The van der Waals surface area contributed by atoms with Crippen molar-refractivity contribution in [2.45, 2.75) is 0 Å². The molecule has 1 aliphatic rings. The third kappa shape index (κ3) is 4.07. The van der Waals surface area contributed by atoms with Crippen molar-refractivity contribution in [2.24, 2.45) is 5.92 Å². The molecule has 0 radical (unpaired) electrons. The number of para-hydroxylation sites is 1. The van der Waals surface area contributed by atoms with Crippen molar-refractivity contribution in [3.63, 3.8) is 0 Å². The summed E-state index contributed by atoms with van der Waals surface area (Å²) in [6, 6.07) is 28.4. The Bertz CT molecular complexity index is 959. The third-order valence-corrected chi connectivity index (χ3v) is 4.66. The van der Waals surface area contributed by atoms with Gasteiger partial charge >= 0.3 is 0 Å². The summed E-state index contributed by atoms with van der Waals surface area (Å²) in [6.07, 6.45) is 8.57. The molecule has 1 heterocycles. The Hall–Kier alpha value is -3.52. The second-order valence-corrected chi connectivity index (χ2v) is 6.57. The molecule has 138 valence electrons. The van der Waals surface area contributed by atoms with Crippen molar-refractivity contribution in [3.8, 4) is 5.75 Å². The molecular formula is C26H22O2. The molecule has 28 heavy (non-hydrogen) atoms. The lowest BCUT2D eigenvalue weighted by Crippen LogP contribution is -2.04. The fourth-order valence-electron chi connectivity index (χ4n) is 3.23. The molecule has 2 heteroatoms. The van der Waals surface area contributed by atoms with Crippen LogP contribution in [0.5, 0.6) is 5.75 Å². The van der Waals surface area contributed by atoms with Gasteiger partial charge in [0.2, 0.25) is 0 Å². The molecule has 0 aromatic heterocycles. The topological polar surface area (TPSA) is 18.5 Å². The number of ether oxygens (including phenoxy) is 2. The first-order chi connectivity index (χ1) is 13.8. The molecule has 0 saturated carbocycles. The number of allylic oxidation sites excluding steroid dienone is 3. The largest absolute Gasteiger partial charge is 0.496 e. The zero-order valence-corrected chi connectivity index (χ0v) is 15.8. The van der Waals surface area contributed by atoms with Crippen LogP contribution in [0.25, 0.3) is 17.6 Å². The first-order valence-corrected chi connectivity index (χ1v) is 9.37. The van der Waals surface area contributed by atoms with Crippen LogP contribution in [0.1, 0.15) is 16.7 Å². The second-order valence-electron chi connectivity index (χ2n) is 6.57. The highest BCUT2D eigenvalue weighted by Crippen LogP contribution is 2.33. The molecule has 0 atom stereocenters. The van der Waals surface area contributed by atoms with Gasteiger partial charge in [0, 0.05) is 22.6 Å². The molecule has 0 N–H and O–H groups in total. The maximum absolute atomic E-state index is 6.25. The molecule has 0 saturated heterocycles. The summed E-state index contributed by atoms with van der Waals surface area (Å²) < 4.78 is 11.7. The van der Waals surface area contributed by atoms with E-state index in [0.29, 0.717) is 0 Å². The van der Waals surface area contributed by atoms with Gasteiger partial charge in [0.05, 0.1) is 7.11 Å². The highest BCUT2D eigenvalue weighted by Gasteiger charge is 2.17. The van der Waals surface area contributed by atoms with Gasteiger partial charge in [-0.1, -0.05) is 91.0 Å². The first-order valence-electron chi connectivity index (χ1n) is 9.37. The van der Waals surface area contributed by atoms with Crippen LogP contribution in [-0.4, -0.2) is 7.11 Å². The van der Waals surface area contributed by atoms with E-state index in [4.69, 9.17) is 9.47 Å². The molecule has 1 aliphatic heterocycles. The Labute approximate surface area is 166 Å². The molecule has 0 unspecified atom stereocenters. The van der Waals surface area contributed by atoms with Gasteiger partial charge in [0.25, 0.3) is 0 Å². The summed E-state index contributed by atoms with van der Waals surface area (Å²) in [5, 5.41) is 0. The van der Waals surface area contributed by atoms with E-state index < -0.39 is 0 Å². The molecule has 0 amide bonds. The van der Waals surface area contributed by atoms with Crippen molar-refractivity contribution in [3.05, 3.63) is 120 Å².